The Bertz CT molecular complexity index is 499. The van der Waals surface area contributed by atoms with Gasteiger partial charge in [0.25, 0.3) is 0 Å². The molecule has 0 unspecified atom stereocenters. The summed E-state index contributed by atoms with van der Waals surface area (Å²) >= 11 is 0. The van der Waals surface area contributed by atoms with E-state index < -0.39 is 5.97 Å². The van der Waals surface area contributed by atoms with Crippen LogP contribution in [0.15, 0.2) is 24.3 Å². The van der Waals surface area contributed by atoms with Gasteiger partial charge in [-0.25, -0.2) is 0 Å². The van der Waals surface area contributed by atoms with Crippen LogP contribution in [-0.4, -0.2) is 43.1 Å². The number of amides is 1. The third-order valence-electron chi connectivity index (χ3n) is 3.26. The first-order valence-electron chi connectivity index (χ1n) is 7.49. The largest absolute Gasteiger partial charge is 0.494 e. The van der Waals surface area contributed by atoms with Gasteiger partial charge in [0.1, 0.15) is 12.3 Å². The Balaban J connectivity index is 2.38. The maximum atomic E-state index is 12.2. The van der Waals surface area contributed by atoms with Gasteiger partial charge in [0, 0.05) is 12.5 Å². The van der Waals surface area contributed by atoms with E-state index in [-0.39, 0.29) is 18.5 Å². The minimum Gasteiger partial charge on any atom is -0.494 e. The smallest absolute Gasteiger partial charge is 0.325 e. The Morgan fingerprint density at radius 1 is 1.27 bits per heavy atom. The molecule has 0 atom stereocenters. The van der Waals surface area contributed by atoms with Gasteiger partial charge in [-0.15, -0.1) is 0 Å². The number of nitrogens with zero attached hydrogens (tertiary/aromatic N) is 1. The number of methoxy groups -OCH3 is 1. The van der Waals surface area contributed by atoms with Crippen molar-refractivity contribution in [3.05, 3.63) is 29.8 Å². The highest BCUT2D eigenvalue weighted by Crippen LogP contribution is 2.13. The highest BCUT2D eigenvalue weighted by molar-refractivity contribution is 5.82. The Hall–Kier alpha value is -2.04. The summed E-state index contributed by atoms with van der Waals surface area (Å²) in [6.45, 7) is 6.23. The molecular weight excluding hydrogens is 282 g/mol. The number of rotatable bonds is 8. The van der Waals surface area contributed by atoms with Crippen LogP contribution in [0.4, 0.5) is 0 Å². The van der Waals surface area contributed by atoms with Crippen LogP contribution in [0.2, 0.25) is 0 Å². The fraction of sp³-hybridized carbons (Fsp3) is 0.529. The molecule has 1 amide bonds. The van der Waals surface area contributed by atoms with E-state index in [0.29, 0.717) is 19.4 Å². The van der Waals surface area contributed by atoms with E-state index in [4.69, 9.17) is 4.74 Å². The lowest BCUT2D eigenvalue weighted by molar-refractivity contribution is -0.148. The summed E-state index contributed by atoms with van der Waals surface area (Å²) in [5.74, 6) is 0.342. The third kappa shape index (κ3) is 6.16. The molecule has 22 heavy (non-hydrogen) atoms. The third-order valence-corrected chi connectivity index (χ3v) is 3.26. The average molecular weight is 307 g/mol. The molecule has 0 spiro atoms. The summed E-state index contributed by atoms with van der Waals surface area (Å²) in [5.41, 5.74) is 1.14. The number of esters is 1. The molecule has 0 aliphatic heterocycles. The van der Waals surface area contributed by atoms with Crippen LogP contribution in [0.1, 0.15) is 32.3 Å². The molecule has 0 saturated carbocycles. The molecule has 0 aromatic heterocycles. The zero-order valence-corrected chi connectivity index (χ0v) is 13.8. The van der Waals surface area contributed by atoms with Gasteiger partial charge in [0.15, 0.2) is 0 Å². The lowest BCUT2D eigenvalue weighted by Crippen LogP contribution is -2.41. The Morgan fingerprint density at radius 2 is 2.00 bits per heavy atom. The number of benzene rings is 1. The van der Waals surface area contributed by atoms with Crippen LogP contribution in [0.5, 0.6) is 5.75 Å². The Labute approximate surface area is 132 Å². The van der Waals surface area contributed by atoms with Gasteiger partial charge in [-0.3, -0.25) is 9.59 Å². The van der Waals surface area contributed by atoms with E-state index in [9.17, 15) is 9.59 Å². The number of hydrogen-bond donors (Lipinski definition) is 0. The van der Waals surface area contributed by atoms with Gasteiger partial charge in [-0.05, 0) is 44.9 Å². The number of carbonyl (C=O) groups is 2. The van der Waals surface area contributed by atoms with Crippen LogP contribution in [0, 0.1) is 6.92 Å². The van der Waals surface area contributed by atoms with E-state index >= 15 is 0 Å². The average Bonchev–Trinajstić information content (AvgIpc) is 2.48. The van der Waals surface area contributed by atoms with Crippen molar-refractivity contribution < 1.29 is 19.1 Å². The molecular formula is C17H25NO4. The second kappa shape index (κ2) is 9.07. The molecule has 1 aromatic carbocycles. The summed E-state index contributed by atoms with van der Waals surface area (Å²) in [6, 6.07) is 7.76. The summed E-state index contributed by atoms with van der Waals surface area (Å²) in [5, 5.41) is 0. The first kappa shape index (κ1) is 18.0. The van der Waals surface area contributed by atoms with Gasteiger partial charge < -0.3 is 14.4 Å². The fourth-order valence-corrected chi connectivity index (χ4v) is 2.02. The quantitative estimate of drug-likeness (QED) is 0.547. The van der Waals surface area contributed by atoms with Crippen molar-refractivity contribution in [1.29, 1.82) is 0 Å². The normalized spacial score (nSPS) is 10.4. The minimum absolute atomic E-state index is 0.00820. The highest BCUT2D eigenvalue weighted by Gasteiger charge is 2.19. The minimum atomic E-state index is -0.405. The maximum absolute atomic E-state index is 12.2. The van der Waals surface area contributed by atoms with Crippen LogP contribution in [0.25, 0.3) is 0 Å². The van der Waals surface area contributed by atoms with Crippen molar-refractivity contribution in [1.82, 2.24) is 4.90 Å². The predicted molar refractivity (Wildman–Crippen MR) is 84.8 cm³/mol. The van der Waals surface area contributed by atoms with Gasteiger partial charge in [-0.1, -0.05) is 12.1 Å². The molecule has 0 bridgehead atoms. The SMILES string of the molecule is COC(=O)CN(C(=O)CCCOc1cccc(C)c1)C(C)C. The van der Waals surface area contributed by atoms with Crippen LogP contribution in [-0.2, 0) is 14.3 Å². The zero-order valence-electron chi connectivity index (χ0n) is 13.8. The van der Waals surface area contributed by atoms with E-state index in [2.05, 4.69) is 4.74 Å². The van der Waals surface area contributed by atoms with Crippen molar-refractivity contribution >= 4 is 11.9 Å². The molecule has 0 aliphatic carbocycles. The fourth-order valence-electron chi connectivity index (χ4n) is 2.02. The predicted octanol–water partition coefficient (Wildman–Crippen LogP) is 2.56. The van der Waals surface area contributed by atoms with Crippen molar-refractivity contribution in [2.75, 3.05) is 20.3 Å². The molecule has 0 fully saturated rings. The molecule has 5 nitrogen and oxygen atoms in total. The first-order chi connectivity index (χ1) is 10.4. The Morgan fingerprint density at radius 3 is 2.59 bits per heavy atom. The lowest BCUT2D eigenvalue weighted by Gasteiger charge is -2.25. The topological polar surface area (TPSA) is 55.8 Å². The first-order valence-corrected chi connectivity index (χ1v) is 7.49. The number of hydrogen-bond acceptors (Lipinski definition) is 4. The zero-order chi connectivity index (χ0) is 16.5. The van der Waals surface area contributed by atoms with Gasteiger partial charge in [0.2, 0.25) is 5.91 Å². The molecule has 5 heteroatoms. The summed E-state index contributed by atoms with van der Waals surface area (Å²) in [6.07, 6.45) is 0.957. The summed E-state index contributed by atoms with van der Waals surface area (Å²) < 4.78 is 10.2. The van der Waals surface area contributed by atoms with Gasteiger partial charge in [-0.2, -0.15) is 0 Å². The second-order valence-corrected chi connectivity index (χ2v) is 5.46. The second-order valence-electron chi connectivity index (χ2n) is 5.46. The molecule has 0 radical (unpaired) electrons. The van der Waals surface area contributed by atoms with E-state index in [1.54, 1.807) is 0 Å². The molecule has 1 rings (SSSR count). The molecule has 122 valence electrons. The number of carbonyl (C=O) groups excluding carboxylic acids is 2. The maximum Gasteiger partial charge on any atom is 0.325 e. The van der Waals surface area contributed by atoms with Crippen LogP contribution >= 0.6 is 0 Å². The van der Waals surface area contributed by atoms with Crippen molar-refractivity contribution in [3.63, 3.8) is 0 Å². The lowest BCUT2D eigenvalue weighted by atomic mass is 10.2. The van der Waals surface area contributed by atoms with Crippen LogP contribution in [0.3, 0.4) is 0 Å². The standard InChI is InChI=1S/C17H25NO4/c1-13(2)18(12-17(20)21-4)16(19)9-6-10-22-15-8-5-7-14(3)11-15/h5,7-8,11,13H,6,9-10,12H2,1-4H3. The Kier molecular flexibility index (Phi) is 7.43. The number of ether oxygens (including phenoxy) is 2. The molecule has 1 aromatic rings. The monoisotopic (exact) mass is 307 g/mol. The van der Waals surface area contributed by atoms with Gasteiger partial charge in [0.05, 0.1) is 13.7 Å². The molecule has 0 saturated heterocycles. The molecule has 0 aliphatic rings. The summed E-state index contributed by atoms with van der Waals surface area (Å²) in [7, 11) is 1.32. The highest BCUT2D eigenvalue weighted by atomic mass is 16.5. The van der Waals surface area contributed by atoms with Gasteiger partial charge >= 0.3 is 5.97 Å². The number of aryl methyl sites for hydroxylation is 1. The van der Waals surface area contributed by atoms with Crippen molar-refractivity contribution in [2.24, 2.45) is 0 Å². The van der Waals surface area contributed by atoms with E-state index in [1.165, 1.54) is 12.0 Å². The molecule has 0 N–H and O–H groups in total. The van der Waals surface area contributed by atoms with E-state index in [0.717, 1.165) is 11.3 Å². The molecule has 0 heterocycles. The van der Waals surface area contributed by atoms with Crippen molar-refractivity contribution in [3.8, 4) is 5.75 Å². The van der Waals surface area contributed by atoms with Crippen molar-refractivity contribution in [2.45, 2.75) is 39.7 Å². The van der Waals surface area contributed by atoms with Crippen LogP contribution < -0.4 is 4.74 Å². The summed E-state index contributed by atoms with van der Waals surface area (Å²) in [4.78, 5) is 25.0. The van der Waals surface area contributed by atoms with E-state index in [1.807, 2.05) is 45.0 Å².